The largest absolute Gasteiger partial charge is 0.472 e. The number of alkyl carbamates (subject to hydrolysis) is 1. The van der Waals surface area contributed by atoms with Crippen molar-refractivity contribution in [2.45, 2.75) is 44.1 Å². The fourth-order valence-corrected chi connectivity index (χ4v) is 5.17. The second-order valence-corrected chi connectivity index (χ2v) is 9.02. The highest BCUT2D eigenvalue weighted by Gasteiger charge is 2.43. The molecule has 7 nitrogen and oxygen atoms in total. The highest BCUT2D eigenvalue weighted by Crippen LogP contribution is 2.44. The van der Waals surface area contributed by atoms with Crippen molar-refractivity contribution in [3.8, 4) is 23.0 Å². The summed E-state index contributed by atoms with van der Waals surface area (Å²) in [5.41, 5.74) is 3.42. The van der Waals surface area contributed by atoms with Crippen LogP contribution in [-0.4, -0.2) is 41.8 Å². The second-order valence-electron chi connectivity index (χ2n) is 9.02. The number of carbonyl (C=O) groups excluding carboxylic acids is 2. The van der Waals surface area contributed by atoms with Gasteiger partial charge in [-0.3, -0.25) is 4.79 Å². The normalized spacial score (nSPS) is 20.8. The minimum atomic E-state index is -1.26. The molecule has 1 fully saturated rings. The van der Waals surface area contributed by atoms with Gasteiger partial charge in [0.05, 0.1) is 6.54 Å². The molecule has 2 aliphatic rings. The average molecular weight is 461 g/mol. The minimum absolute atomic E-state index is 0.0699. The molecule has 0 aliphatic heterocycles. The van der Waals surface area contributed by atoms with Crippen molar-refractivity contribution in [3.05, 3.63) is 59.7 Å². The minimum Gasteiger partial charge on any atom is -0.472 e. The summed E-state index contributed by atoms with van der Waals surface area (Å²) in [5, 5.41) is 14.1. The van der Waals surface area contributed by atoms with Crippen LogP contribution in [-0.2, 0) is 14.3 Å². The van der Waals surface area contributed by atoms with E-state index in [1.807, 2.05) is 37.1 Å². The van der Waals surface area contributed by atoms with E-state index in [0.29, 0.717) is 12.8 Å². The molecule has 2 aromatic rings. The molecule has 2 aromatic carbocycles. The van der Waals surface area contributed by atoms with Crippen LogP contribution in [0.25, 0.3) is 11.1 Å². The van der Waals surface area contributed by atoms with Crippen molar-refractivity contribution >= 4 is 18.0 Å². The first-order valence-corrected chi connectivity index (χ1v) is 11.5. The predicted octanol–water partition coefficient (Wildman–Crippen LogP) is 3.68. The topological polar surface area (TPSA) is 105 Å². The average Bonchev–Trinajstić information content (AvgIpc) is 3.14. The van der Waals surface area contributed by atoms with E-state index >= 15 is 0 Å². The summed E-state index contributed by atoms with van der Waals surface area (Å²) >= 11 is 0. The number of hydrogen-bond acceptors (Lipinski definition) is 4. The highest BCUT2D eigenvalue weighted by molar-refractivity contribution is 5.91. The zero-order valence-electron chi connectivity index (χ0n) is 19.1. The Balaban J connectivity index is 1.45. The summed E-state index contributed by atoms with van der Waals surface area (Å²) in [6.45, 7) is 2.11. The molecule has 0 bridgehead atoms. The predicted molar refractivity (Wildman–Crippen MR) is 127 cm³/mol. The smallest absolute Gasteiger partial charge is 0.408 e. The number of carboxylic acids is 1. The first-order chi connectivity index (χ1) is 16.4. The summed E-state index contributed by atoms with van der Waals surface area (Å²) in [6, 6.07) is 16.2. The molecule has 0 spiro atoms. The van der Waals surface area contributed by atoms with Gasteiger partial charge in [0.15, 0.2) is 0 Å². The highest BCUT2D eigenvalue weighted by atomic mass is 16.5. The Hall–Kier alpha value is -3.79. The van der Waals surface area contributed by atoms with Gasteiger partial charge in [0.25, 0.3) is 0 Å². The van der Waals surface area contributed by atoms with Crippen molar-refractivity contribution in [3.63, 3.8) is 0 Å². The number of ether oxygens (including phenoxy) is 1. The summed E-state index contributed by atoms with van der Waals surface area (Å²) in [4.78, 5) is 36.5. The lowest BCUT2D eigenvalue weighted by molar-refractivity contribution is -0.131. The van der Waals surface area contributed by atoms with E-state index in [2.05, 4.69) is 40.8 Å². The molecule has 2 aliphatic carbocycles. The number of carbonyl (C=O) groups is 3. The van der Waals surface area contributed by atoms with Crippen LogP contribution in [0.5, 0.6) is 0 Å². The molecular formula is C27H28N2O5. The lowest BCUT2D eigenvalue weighted by Crippen LogP contribution is -2.60. The Kier molecular flexibility index (Phi) is 6.87. The molecule has 4 rings (SSSR count). The van der Waals surface area contributed by atoms with Crippen LogP contribution in [0, 0.1) is 17.8 Å². The molecule has 2 unspecified atom stereocenters. The molecule has 0 radical (unpaired) electrons. The van der Waals surface area contributed by atoms with Crippen LogP contribution in [0.2, 0.25) is 0 Å². The fourth-order valence-electron chi connectivity index (χ4n) is 5.17. The molecule has 34 heavy (non-hydrogen) atoms. The maximum absolute atomic E-state index is 13.0. The fraction of sp³-hybridized carbons (Fsp3) is 0.370. The lowest BCUT2D eigenvalue weighted by atomic mass is 9.75. The standard InChI is InChI=1S/C27H28N2O5/c1-18-8-6-14-27(16-18,25(32)28-15-7-13-24(30)31)29-26(33)34-17-23-21-11-4-2-9-19(21)20-10-3-5-12-22(20)23/h2-5,9-12,18,23H,6,8,14-17H2,1H3,(H,28,32)(H,29,33)(H,30,31). The Labute approximate surface area is 198 Å². The zero-order valence-corrected chi connectivity index (χ0v) is 19.1. The summed E-state index contributed by atoms with van der Waals surface area (Å²) in [5.74, 6) is 2.92. The molecule has 2 atom stereocenters. The first kappa shape index (κ1) is 23.4. The number of nitrogens with one attached hydrogen (secondary N) is 2. The molecule has 0 heterocycles. The van der Waals surface area contributed by atoms with Crippen molar-refractivity contribution < 1.29 is 24.2 Å². The van der Waals surface area contributed by atoms with E-state index in [1.165, 1.54) is 0 Å². The Morgan fingerprint density at radius 1 is 1.09 bits per heavy atom. The molecule has 7 heteroatoms. The van der Waals surface area contributed by atoms with Gasteiger partial charge in [0, 0.05) is 11.8 Å². The first-order valence-electron chi connectivity index (χ1n) is 11.5. The van der Waals surface area contributed by atoms with Gasteiger partial charge in [-0.05, 0) is 41.0 Å². The van der Waals surface area contributed by atoms with Crippen molar-refractivity contribution in [1.82, 2.24) is 10.6 Å². The molecule has 0 aromatic heterocycles. The lowest BCUT2D eigenvalue weighted by Gasteiger charge is -2.38. The van der Waals surface area contributed by atoms with Crippen LogP contribution in [0.1, 0.15) is 49.7 Å². The van der Waals surface area contributed by atoms with E-state index in [0.717, 1.165) is 35.1 Å². The van der Waals surface area contributed by atoms with E-state index in [4.69, 9.17) is 9.84 Å². The van der Waals surface area contributed by atoms with E-state index in [1.54, 1.807) is 0 Å². The molecule has 176 valence electrons. The Morgan fingerprint density at radius 3 is 2.35 bits per heavy atom. The summed E-state index contributed by atoms with van der Waals surface area (Å²) in [7, 11) is 0. The second kappa shape index (κ2) is 10.0. The van der Waals surface area contributed by atoms with Crippen LogP contribution in [0.3, 0.4) is 0 Å². The van der Waals surface area contributed by atoms with Crippen LogP contribution < -0.4 is 10.6 Å². The third-order valence-corrected chi connectivity index (χ3v) is 6.65. The van der Waals surface area contributed by atoms with Gasteiger partial charge in [-0.2, -0.15) is 0 Å². The van der Waals surface area contributed by atoms with E-state index < -0.39 is 17.6 Å². The molecular weight excluding hydrogens is 432 g/mol. The number of amides is 2. The third kappa shape index (κ3) is 4.91. The number of carboxylic acid groups (broad SMARTS) is 1. The van der Waals surface area contributed by atoms with Gasteiger partial charge in [0.2, 0.25) is 5.91 Å². The van der Waals surface area contributed by atoms with Crippen molar-refractivity contribution in [2.75, 3.05) is 13.2 Å². The summed E-state index contributed by atoms with van der Waals surface area (Å²) in [6.07, 6.45) is 2.09. The monoisotopic (exact) mass is 460 g/mol. The number of aliphatic carboxylic acids is 1. The van der Waals surface area contributed by atoms with Gasteiger partial charge in [-0.25, -0.2) is 9.59 Å². The van der Waals surface area contributed by atoms with E-state index in [9.17, 15) is 14.4 Å². The zero-order chi connectivity index (χ0) is 24.1. The maximum Gasteiger partial charge on any atom is 0.408 e. The number of benzene rings is 2. The van der Waals surface area contributed by atoms with Gasteiger partial charge >= 0.3 is 12.1 Å². The Morgan fingerprint density at radius 2 is 1.74 bits per heavy atom. The molecule has 0 saturated heterocycles. The maximum atomic E-state index is 13.0. The number of rotatable bonds is 5. The Bertz CT molecular complexity index is 1120. The molecule has 3 N–H and O–H groups in total. The summed E-state index contributed by atoms with van der Waals surface area (Å²) < 4.78 is 5.67. The van der Waals surface area contributed by atoms with Crippen LogP contribution in [0.15, 0.2) is 48.5 Å². The van der Waals surface area contributed by atoms with Crippen LogP contribution in [0.4, 0.5) is 4.79 Å². The molecule has 2 amide bonds. The number of fused-ring (bicyclic) bond motifs is 3. The van der Waals surface area contributed by atoms with Crippen molar-refractivity contribution in [2.24, 2.45) is 5.92 Å². The van der Waals surface area contributed by atoms with Gasteiger partial charge < -0.3 is 20.5 Å². The van der Waals surface area contributed by atoms with Crippen LogP contribution >= 0.6 is 0 Å². The number of hydrogen-bond donors (Lipinski definition) is 3. The molecule has 1 saturated carbocycles. The van der Waals surface area contributed by atoms with Gasteiger partial charge in [-0.15, -0.1) is 0 Å². The van der Waals surface area contributed by atoms with E-state index in [-0.39, 0.29) is 30.9 Å². The van der Waals surface area contributed by atoms with Gasteiger partial charge in [0.1, 0.15) is 12.1 Å². The SMILES string of the molecule is CC1CCCC(NC(=O)OCC2c3ccccc3-c3ccccc32)(C(=O)NCC#CC(=O)O)C1. The third-order valence-electron chi connectivity index (χ3n) is 6.65. The van der Waals surface area contributed by atoms with Gasteiger partial charge in [-0.1, -0.05) is 74.2 Å². The quantitative estimate of drug-likeness (QED) is 0.591. The van der Waals surface area contributed by atoms with Crippen molar-refractivity contribution in [1.29, 1.82) is 0 Å².